The first kappa shape index (κ1) is 40.5. The molecule has 15 rings (SSSR count). The van der Waals surface area contributed by atoms with Gasteiger partial charge >= 0.3 is 0 Å². The Morgan fingerprint density at radius 3 is 1.28 bits per heavy atom. The largest absolute Gasteiger partial charge is 0.310 e. The molecular weight excluding hydrogens is 941 g/mol. The minimum Gasteiger partial charge on any atom is -0.310 e. The number of nitrogens with zero attached hydrogens (tertiary/aromatic N) is 2. The third-order valence-electron chi connectivity index (χ3n) is 16.8. The maximum atomic E-state index is 9.33. The first-order valence-electron chi connectivity index (χ1n) is 29.3. The number of hydrogen-bond acceptors (Lipinski definition) is 2. The van der Waals surface area contributed by atoms with E-state index in [-0.39, 0.29) is 35.1 Å². The van der Waals surface area contributed by atoms with E-state index in [0.29, 0.717) is 11.3 Å². The van der Waals surface area contributed by atoms with E-state index in [1.54, 1.807) is 0 Å². The highest BCUT2D eigenvalue weighted by molar-refractivity contribution is 6.00. The number of hydrogen-bond donors (Lipinski definition) is 0. The number of fused-ring (bicyclic) bond motifs is 13. The van der Waals surface area contributed by atoms with Crippen LogP contribution in [0.3, 0.4) is 0 Å². The van der Waals surface area contributed by atoms with Gasteiger partial charge in [-0.25, -0.2) is 0 Å². The molecule has 0 heterocycles. The van der Waals surface area contributed by atoms with Crippen LogP contribution >= 0.6 is 0 Å². The number of benzene rings is 12. The van der Waals surface area contributed by atoms with Gasteiger partial charge in [-0.3, -0.25) is 0 Å². The van der Waals surface area contributed by atoms with E-state index in [2.05, 4.69) is 260 Å². The normalized spacial score (nSPS) is 15.6. The van der Waals surface area contributed by atoms with E-state index >= 15 is 0 Å². The molecule has 0 aromatic heterocycles. The van der Waals surface area contributed by atoms with Crippen LogP contribution in [0.15, 0.2) is 291 Å². The molecule has 0 fully saturated rings. The van der Waals surface area contributed by atoms with Gasteiger partial charge in [-0.1, -0.05) is 238 Å². The lowest BCUT2D eigenvalue weighted by molar-refractivity contribution is 0.660. The van der Waals surface area contributed by atoms with Crippen LogP contribution in [-0.4, -0.2) is 0 Å². The fraction of sp³-hybridized carbons (Fsp3) is 0.0526. The molecule has 0 bridgehead atoms. The zero-order valence-electron chi connectivity index (χ0n) is 48.2. The van der Waals surface area contributed by atoms with Crippen LogP contribution in [0.5, 0.6) is 0 Å². The van der Waals surface area contributed by atoms with Gasteiger partial charge < -0.3 is 9.80 Å². The zero-order valence-corrected chi connectivity index (χ0v) is 43.2. The second-order valence-corrected chi connectivity index (χ2v) is 21.2. The molecule has 3 aliphatic carbocycles. The molecule has 12 aromatic carbocycles. The summed E-state index contributed by atoms with van der Waals surface area (Å²) in [6.07, 6.45) is 0. The van der Waals surface area contributed by atoms with Crippen LogP contribution in [0.2, 0.25) is 0 Å². The van der Waals surface area contributed by atoms with Gasteiger partial charge in [0, 0.05) is 39.3 Å². The summed E-state index contributed by atoms with van der Waals surface area (Å²) in [5, 5.41) is 0. The van der Waals surface area contributed by atoms with E-state index in [9.17, 15) is 2.74 Å². The highest BCUT2D eigenvalue weighted by atomic mass is 15.2. The summed E-state index contributed by atoms with van der Waals surface area (Å²) >= 11 is 0. The van der Waals surface area contributed by atoms with E-state index in [1.165, 1.54) is 44.5 Å². The predicted octanol–water partition coefficient (Wildman–Crippen LogP) is 20.3. The molecule has 1 spiro atoms. The van der Waals surface area contributed by atoms with Gasteiger partial charge in [-0.15, -0.1) is 0 Å². The molecule has 0 aliphatic heterocycles. The lowest BCUT2D eigenvalue weighted by Gasteiger charge is -2.34. The summed E-state index contributed by atoms with van der Waals surface area (Å²) in [6, 6.07) is 91.9. The average molecular weight is 1000 g/mol. The Balaban J connectivity index is 0.985. The highest BCUT2D eigenvalue weighted by Gasteiger charge is 2.52. The van der Waals surface area contributed by atoms with Gasteiger partial charge in [0.05, 0.1) is 23.6 Å². The van der Waals surface area contributed by atoms with Crippen molar-refractivity contribution < 1.29 is 6.85 Å². The van der Waals surface area contributed by atoms with Crippen molar-refractivity contribution in [2.45, 2.75) is 24.7 Å². The Bertz CT molecular complexity index is 4570. The molecular formula is C76H54N2. The van der Waals surface area contributed by atoms with Crippen LogP contribution < -0.4 is 9.80 Å². The monoisotopic (exact) mass is 999 g/mol. The summed E-state index contributed by atoms with van der Waals surface area (Å²) in [4.78, 5) is 4.66. The summed E-state index contributed by atoms with van der Waals surface area (Å²) in [5.41, 5.74) is 23.8. The third kappa shape index (κ3) is 6.89. The molecule has 0 radical (unpaired) electrons. The van der Waals surface area contributed by atoms with E-state index < -0.39 is 11.5 Å². The van der Waals surface area contributed by atoms with E-state index in [0.717, 1.165) is 72.9 Å². The minimum absolute atomic E-state index is 0.148. The summed E-state index contributed by atoms with van der Waals surface area (Å²) < 4.78 is 44.9. The van der Waals surface area contributed by atoms with Crippen molar-refractivity contribution in [1.29, 1.82) is 0 Å². The van der Waals surface area contributed by atoms with Crippen LogP contribution in [0, 0.1) is 0 Å². The second kappa shape index (κ2) is 17.9. The first-order chi connectivity index (χ1) is 40.5. The maximum absolute atomic E-state index is 9.33. The molecule has 1 atom stereocenters. The predicted molar refractivity (Wildman–Crippen MR) is 326 cm³/mol. The topological polar surface area (TPSA) is 6.48 Å². The maximum Gasteiger partial charge on any atom is 0.0727 e. The smallest absolute Gasteiger partial charge is 0.0727 e. The number of rotatable bonds is 9. The fourth-order valence-electron chi connectivity index (χ4n) is 13.3. The molecule has 368 valence electrons. The van der Waals surface area contributed by atoms with Crippen molar-refractivity contribution in [2.75, 3.05) is 9.80 Å². The fourth-order valence-corrected chi connectivity index (χ4v) is 13.3. The lowest BCUT2D eigenvalue weighted by atomic mass is 9.70. The highest BCUT2D eigenvalue weighted by Crippen LogP contribution is 2.64. The molecule has 1 unspecified atom stereocenters. The molecule has 0 amide bonds. The summed E-state index contributed by atoms with van der Waals surface area (Å²) in [6.45, 7) is 4.57. The standard InChI is InChI=1S/C76H54N2/c1-75(2)67-35-19-15-32-60(67)63-43-40-56(48-70(63)75)78(73-38-22-18-31-59(73)52-25-9-4-10-26-52)58-42-45-65-62-34-17-21-37-69(62)76(72(65)50-58)68-36-20-16-33-61(68)64-44-41-57(49-71(64)76)77(55-29-13-6-14-30-55)74-46-39-54(51-23-7-3-8-24-51)47-66(74)53-27-11-5-12-28-53/h3-50H,1-2H3/i4D,9D,10D,25D,26D. The van der Waals surface area contributed by atoms with Crippen molar-refractivity contribution >= 4 is 34.1 Å². The first-order valence-corrected chi connectivity index (χ1v) is 26.8. The summed E-state index contributed by atoms with van der Waals surface area (Å²) in [7, 11) is 0. The van der Waals surface area contributed by atoms with Gasteiger partial charge in [-0.05, 0) is 156 Å². The van der Waals surface area contributed by atoms with Crippen molar-refractivity contribution in [3.63, 3.8) is 0 Å². The Kier molecular flexibility index (Phi) is 9.32. The number of anilines is 6. The van der Waals surface area contributed by atoms with Crippen LogP contribution in [0.1, 0.15) is 54.1 Å². The molecule has 0 N–H and O–H groups in total. The Hall–Kier alpha value is -9.76. The van der Waals surface area contributed by atoms with Gasteiger partial charge in [0.1, 0.15) is 0 Å². The molecule has 12 aromatic rings. The van der Waals surface area contributed by atoms with E-state index in [4.69, 9.17) is 4.11 Å². The van der Waals surface area contributed by atoms with Crippen molar-refractivity contribution in [3.8, 4) is 66.8 Å². The molecule has 0 saturated carbocycles. The van der Waals surface area contributed by atoms with Gasteiger partial charge in [-0.2, -0.15) is 0 Å². The van der Waals surface area contributed by atoms with E-state index in [1.807, 2.05) is 24.3 Å². The second-order valence-electron chi connectivity index (χ2n) is 21.2. The van der Waals surface area contributed by atoms with Crippen molar-refractivity contribution in [3.05, 3.63) is 324 Å². The van der Waals surface area contributed by atoms with Gasteiger partial charge in [0.25, 0.3) is 0 Å². The van der Waals surface area contributed by atoms with Crippen LogP contribution in [0.4, 0.5) is 34.1 Å². The molecule has 0 saturated heterocycles. The lowest BCUT2D eigenvalue weighted by Crippen LogP contribution is -2.26. The molecule has 78 heavy (non-hydrogen) atoms. The van der Waals surface area contributed by atoms with Gasteiger partial charge in [0.15, 0.2) is 0 Å². The van der Waals surface area contributed by atoms with Crippen LogP contribution in [-0.2, 0) is 10.8 Å². The van der Waals surface area contributed by atoms with Gasteiger partial charge in [0.2, 0.25) is 0 Å². The Labute approximate surface area is 464 Å². The zero-order chi connectivity index (χ0) is 56.3. The third-order valence-corrected chi connectivity index (χ3v) is 16.8. The molecule has 3 aliphatic rings. The van der Waals surface area contributed by atoms with Crippen molar-refractivity contribution in [1.82, 2.24) is 0 Å². The summed E-state index contributed by atoms with van der Waals surface area (Å²) in [5.74, 6) is 0. The number of para-hydroxylation sites is 2. The Morgan fingerprint density at radius 2 is 0.692 bits per heavy atom. The van der Waals surface area contributed by atoms with Crippen LogP contribution in [0.25, 0.3) is 66.8 Å². The van der Waals surface area contributed by atoms with Crippen molar-refractivity contribution in [2.24, 2.45) is 0 Å². The molecule has 2 heteroatoms. The SMILES string of the molecule is [2H]c1c([2H])c([2H])c(-c2ccccc2N(c2ccc3c(c2)C(C)(C)c2ccccc2-3)c2ccc3c(c2)C2(c4ccccc4-c4ccc(N(c5ccccc5)c5ccc(-c6ccccc6)cc5-c5ccccc5)cc42)c2ccccc2-3)c([2H])c1[2H]. The quantitative estimate of drug-likeness (QED) is 0.142. The Morgan fingerprint density at radius 1 is 0.269 bits per heavy atom. The minimum atomic E-state index is -0.786. The molecule has 2 nitrogen and oxygen atoms in total. The average Bonchev–Trinajstić information content (AvgIpc) is 1.86.